The largest absolute Gasteiger partial charge is 0.481 e. The van der Waals surface area contributed by atoms with Crippen molar-refractivity contribution in [3.8, 4) is 0 Å². The average Bonchev–Trinajstić information content (AvgIpc) is 3.21. The van der Waals surface area contributed by atoms with Gasteiger partial charge in [-0.15, -0.1) is 0 Å². The van der Waals surface area contributed by atoms with E-state index in [1.54, 1.807) is 0 Å². The van der Waals surface area contributed by atoms with Crippen LogP contribution in [0.5, 0.6) is 0 Å². The molecule has 0 aromatic carbocycles. The molecule has 5 unspecified atom stereocenters. The molecule has 0 radical (unpaired) electrons. The summed E-state index contributed by atoms with van der Waals surface area (Å²) in [5.74, 6) is -0.865. The van der Waals surface area contributed by atoms with Crippen molar-refractivity contribution < 1.29 is 19.4 Å². The number of carboxylic acid groups (broad SMARTS) is 1. The number of fused-ring (bicyclic) bond motifs is 3. The van der Waals surface area contributed by atoms with Gasteiger partial charge in [0.05, 0.1) is 18.1 Å². The summed E-state index contributed by atoms with van der Waals surface area (Å²) in [5.41, 5.74) is -0.108. The maximum absolute atomic E-state index is 11.0. The van der Waals surface area contributed by atoms with E-state index in [2.05, 4.69) is 0 Å². The van der Waals surface area contributed by atoms with Crippen LogP contribution in [0, 0.1) is 5.92 Å². The number of carbonyl (C=O) groups is 1. The van der Waals surface area contributed by atoms with Crippen molar-refractivity contribution >= 4 is 5.97 Å². The molecule has 0 aromatic heterocycles. The number of rotatable bonds is 2. The minimum Gasteiger partial charge on any atom is -0.481 e. The molecule has 2 aliphatic heterocycles. The molecular weight excluding hydrogens is 220 g/mol. The Balaban J connectivity index is 1.53. The molecular formula is C13H18O4. The molecule has 2 heterocycles. The van der Waals surface area contributed by atoms with Crippen LogP contribution in [0.2, 0.25) is 0 Å². The lowest BCUT2D eigenvalue weighted by Crippen LogP contribution is -2.43. The van der Waals surface area contributed by atoms with Crippen LogP contribution in [0.25, 0.3) is 0 Å². The Kier molecular flexibility index (Phi) is 1.84. The van der Waals surface area contributed by atoms with Crippen LogP contribution in [0.4, 0.5) is 0 Å². The molecule has 4 aliphatic rings. The zero-order valence-electron chi connectivity index (χ0n) is 9.85. The van der Waals surface area contributed by atoms with Gasteiger partial charge in [-0.3, -0.25) is 4.79 Å². The van der Waals surface area contributed by atoms with Gasteiger partial charge in [-0.05, 0) is 32.1 Å². The fourth-order valence-electron chi connectivity index (χ4n) is 4.28. The highest BCUT2D eigenvalue weighted by molar-refractivity contribution is 5.70. The van der Waals surface area contributed by atoms with Gasteiger partial charge < -0.3 is 14.6 Å². The normalized spacial score (nSPS) is 55.6. The number of hydrogen-bond donors (Lipinski definition) is 1. The quantitative estimate of drug-likeness (QED) is 0.744. The average molecular weight is 238 g/mol. The number of epoxide rings is 2. The lowest BCUT2D eigenvalue weighted by molar-refractivity contribution is -0.142. The highest BCUT2D eigenvalue weighted by atomic mass is 16.7. The van der Waals surface area contributed by atoms with Crippen molar-refractivity contribution in [1.82, 2.24) is 0 Å². The van der Waals surface area contributed by atoms with Crippen molar-refractivity contribution in [2.75, 3.05) is 0 Å². The molecule has 0 aromatic rings. The van der Waals surface area contributed by atoms with E-state index in [1.165, 1.54) is 19.3 Å². The number of carboxylic acids is 1. The smallest absolute Gasteiger partial charge is 0.306 e. The minimum absolute atomic E-state index is 0.0145. The number of hydrogen-bond acceptors (Lipinski definition) is 3. The molecule has 2 saturated carbocycles. The van der Waals surface area contributed by atoms with Gasteiger partial charge in [-0.1, -0.05) is 12.8 Å². The molecule has 4 heteroatoms. The van der Waals surface area contributed by atoms with E-state index in [9.17, 15) is 4.79 Å². The Hall–Kier alpha value is -0.610. The van der Waals surface area contributed by atoms with Gasteiger partial charge in [-0.2, -0.15) is 0 Å². The summed E-state index contributed by atoms with van der Waals surface area (Å²) in [6.45, 7) is 0. The van der Waals surface area contributed by atoms with E-state index in [-0.39, 0.29) is 23.2 Å². The summed E-state index contributed by atoms with van der Waals surface area (Å²) in [6.07, 6.45) is 7.67. The maximum Gasteiger partial charge on any atom is 0.306 e. The van der Waals surface area contributed by atoms with Crippen LogP contribution in [-0.4, -0.2) is 34.5 Å². The number of ether oxygens (including phenoxy) is 2. The fraction of sp³-hybridized carbons (Fsp3) is 0.923. The first-order valence-corrected chi connectivity index (χ1v) is 6.76. The molecule has 17 heavy (non-hydrogen) atoms. The molecule has 1 N–H and O–H groups in total. The van der Waals surface area contributed by atoms with E-state index < -0.39 is 5.97 Å². The van der Waals surface area contributed by atoms with Crippen LogP contribution in [-0.2, 0) is 14.3 Å². The van der Waals surface area contributed by atoms with E-state index in [4.69, 9.17) is 14.6 Å². The molecule has 0 bridgehead atoms. The van der Waals surface area contributed by atoms with E-state index >= 15 is 0 Å². The Morgan fingerprint density at radius 2 is 1.82 bits per heavy atom. The van der Waals surface area contributed by atoms with E-state index in [0.717, 1.165) is 19.3 Å². The van der Waals surface area contributed by atoms with Crippen LogP contribution in [0.1, 0.15) is 44.9 Å². The standard InChI is InChI=1S/C13H18O4/c14-11(15)8-4-6-13(10(7-8)17-13)12-5-2-1-3-9(12)16-12/h8-10H,1-7H2,(H,14,15). The highest BCUT2D eigenvalue weighted by Crippen LogP contribution is 2.67. The van der Waals surface area contributed by atoms with Gasteiger partial charge >= 0.3 is 5.97 Å². The third kappa shape index (κ3) is 1.18. The highest BCUT2D eigenvalue weighted by Gasteiger charge is 2.80. The third-order valence-electron chi connectivity index (χ3n) is 5.32. The summed E-state index contributed by atoms with van der Waals surface area (Å²) >= 11 is 0. The number of aliphatic carboxylic acids is 1. The van der Waals surface area contributed by atoms with Crippen molar-refractivity contribution in [3.63, 3.8) is 0 Å². The van der Waals surface area contributed by atoms with Gasteiger partial charge in [0.1, 0.15) is 11.2 Å². The second-order valence-electron chi connectivity index (χ2n) is 6.05. The first kappa shape index (κ1) is 10.3. The van der Waals surface area contributed by atoms with Gasteiger partial charge in [-0.25, -0.2) is 0 Å². The van der Waals surface area contributed by atoms with Crippen molar-refractivity contribution in [2.45, 2.75) is 68.4 Å². The Morgan fingerprint density at radius 1 is 1.06 bits per heavy atom. The van der Waals surface area contributed by atoms with Crippen LogP contribution >= 0.6 is 0 Å². The Labute approximate surface area is 100 Å². The first-order valence-electron chi connectivity index (χ1n) is 6.76. The van der Waals surface area contributed by atoms with Crippen molar-refractivity contribution in [3.05, 3.63) is 0 Å². The topological polar surface area (TPSA) is 62.4 Å². The second-order valence-corrected chi connectivity index (χ2v) is 6.05. The first-order chi connectivity index (χ1) is 8.18. The summed E-state index contributed by atoms with van der Waals surface area (Å²) in [4.78, 5) is 11.0. The van der Waals surface area contributed by atoms with Gasteiger partial charge in [0.15, 0.2) is 0 Å². The predicted molar refractivity (Wildman–Crippen MR) is 58.7 cm³/mol. The van der Waals surface area contributed by atoms with Crippen LogP contribution in [0.15, 0.2) is 0 Å². The SMILES string of the molecule is O=C(O)C1CCC2(C34CCCCC3O4)OC2C1. The molecule has 94 valence electrons. The second kappa shape index (κ2) is 3.04. The fourth-order valence-corrected chi connectivity index (χ4v) is 4.28. The zero-order valence-corrected chi connectivity index (χ0v) is 9.85. The summed E-state index contributed by atoms with van der Waals surface area (Å²) in [6, 6.07) is 0. The lowest BCUT2D eigenvalue weighted by Gasteiger charge is -2.29. The maximum atomic E-state index is 11.0. The molecule has 4 rings (SSSR count). The van der Waals surface area contributed by atoms with Crippen molar-refractivity contribution in [1.29, 1.82) is 0 Å². The molecule has 4 fully saturated rings. The zero-order chi connectivity index (χ0) is 11.7. The van der Waals surface area contributed by atoms with Gasteiger partial charge in [0.2, 0.25) is 0 Å². The summed E-state index contributed by atoms with van der Waals surface area (Å²) in [5, 5.41) is 9.06. The lowest BCUT2D eigenvalue weighted by atomic mass is 9.70. The molecule has 2 saturated heterocycles. The third-order valence-corrected chi connectivity index (χ3v) is 5.32. The Morgan fingerprint density at radius 3 is 2.53 bits per heavy atom. The molecule has 0 amide bonds. The van der Waals surface area contributed by atoms with Gasteiger partial charge in [0, 0.05) is 0 Å². The molecule has 4 nitrogen and oxygen atoms in total. The van der Waals surface area contributed by atoms with Gasteiger partial charge in [0.25, 0.3) is 0 Å². The summed E-state index contributed by atoms with van der Waals surface area (Å²) in [7, 11) is 0. The molecule has 2 aliphatic carbocycles. The van der Waals surface area contributed by atoms with E-state index in [1.807, 2.05) is 0 Å². The molecule has 5 atom stereocenters. The summed E-state index contributed by atoms with van der Waals surface area (Å²) < 4.78 is 11.9. The monoisotopic (exact) mass is 238 g/mol. The van der Waals surface area contributed by atoms with Crippen molar-refractivity contribution in [2.24, 2.45) is 5.92 Å². The van der Waals surface area contributed by atoms with Crippen LogP contribution in [0.3, 0.4) is 0 Å². The Bertz CT molecular complexity index is 382. The van der Waals surface area contributed by atoms with E-state index in [0.29, 0.717) is 12.5 Å². The molecule has 0 spiro atoms. The minimum atomic E-state index is -0.663. The van der Waals surface area contributed by atoms with Crippen LogP contribution < -0.4 is 0 Å². The predicted octanol–water partition coefficient (Wildman–Crippen LogP) is 1.72.